The largest absolute Gasteiger partial charge is 0.496 e. The number of hydrogen-bond acceptors (Lipinski definition) is 3. The Labute approximate surface area is 145 Å². The number of para-hydroxylation sites is 3. The Balaban J connectivity index is 1.89. The standard InChI is InChI=1S/C20H18N2OS/c1-14-11-12-19(24-14)20-21-16-8-4-5-9-17(16)22(20)13-15-7-3-6-10-18(15)23-2/h3-12H,13H2,1-2H3. The molecule has 0 amide bonds. The zero-order valence-corrected chi connectivity index (χ0v) is 14.5. The number of methoxy groups -OCH3 is 1. The summed E-state index contributed by atoms with van der Waals surface area (Å²) >= 11 is 1.78. The number of fused-ring (bicyclic) bond motifs is 1. The number of imidazole rings is 1. The molecule has 0 unspecified atom stereocenters. The van der Waals surface area contributed by atoms with E-state index in [2.05, 4.69) is 47.9 Å². The SMILES string of the molecule is COc1ccccc1Cn1c(-c2ccc(C)s2)nc2ccccc21. The van der Waals surface area contributed by atoms with Gasteiger partial charge in [0, 0.05) is 10.4 Å². The van der Waals surface area contributed by atoms with Crippen LogP contribution in [0.4, 0.5) is 0 Å². The number of hydrogen-bond donors (Lipinski definition) is 0. The van der Waals surface area contributed by atoms with Crippen molar-refractivity contribution in [1.82, 2.24) is 9.55 Å². The molecule has 0 saturated carbocycles. The average molecular weight is 334 g/mol. The van der Waals surface area contributed by atoms with Crippen LogP contribution >= 0.6 is 11.3 Å². The molecule has 4 rings (SSSR count). The number of aryl methyl sites for hydroxylation is 1. The van der Waals surface area contributed by atoms with Crippen LogP contribution in [-0.2, 0) is 6.54 Å². The fourth-order valence-corrected chi connectivity index (χ4v) is 3.85. The Morgan fingerprint density at radius 2 is 1.79 bits per heavy atom. The first-order valence-corrected chi connectivity index (χ1v) is 8.72. The number of thiophene rings is 1. The molecule has 0 spiro atoms. The van der Waals surface area contributed by atoms with E-state index in [1.165, 1.54) is 9.75 Å². The van der Waals surface area contributed by atoms with Gasteiger partial charge in [-0.05, 0) is 37.3 Å². The van der Waals surface area contributed by atoms with E-state index in [-0.39, 0.29) is 0 Å². The molecule has 4 aromatic rings. The van der Waals surface area contributed by atoms with Gasteiger partial charge in [0.1, 0.15) is 5.75 Å². The third-order valence-electron chi connectivity index (χ3n) is 4.14. The Kier molecular flexibility index (Phi) is 3.82. The monoisotopic (exact) mass is 334 g/mol. The maximum Gasteiger partial charge on any atom is 0.151 e. The smallest absolute Gasteiger partial charge is 0.151 e. The summed E-state index contributed by atoms with van der Waals surface area (Å²) in [6.45, 7) is 2.86. The van der Waals surface area contributed by atoms with Gasteiger partial charge in [-0.15, -0.1) is 11.3 Å². The molecule has 0 saturated heterocycles. The number of benzene rings is 2. The first-order valence-electron chi connectivity index (χ1n) is 7.90. The molecular weight excluding hydrogens is 316 g/mol. The van der Waals surface area contributed by atoms with Gasteiger partial charge in [-0.1, -0.05) is 30.3 Å². The molecule has 2 heterocycles. The number of nitrogens with zero attached hydrogens (tertiary/aromatic N) is 2. The molecule has 0 atom stereocenters. The van der Waals surface area contributed by atoms with Gasteiger partial charge in [-0.2, -0.15) is 0 Å². The summed E-state index contributed by atoms with van der Waals surface area (Å²) in [7, 11) is 1.72. The molecule has 0 aliphatic carbocycles. The first-order chi connectivity index (χ1) is 11.8. The predicted molar refractivity (Wildman–Crippen MR) is 99.9 cm³/mol. The molecule has 2 aromatic carbocycles. The van der Waals surface area contributed by atoms with Crippen molar-refractivity contribution >= 4 is 22.4 Å². The van der Waals surface area contributed by atoms with Crippen LogP contribution < -0.4 is 4.74 Å². The van der Waals surface area contributed by atoms with Crippen LogP contribution in [0.15, 0.2) is 60.7 Å². The first kappa shape index (κ1) is 15.0. The summed E-state index contributed by atoms with van der Waals surface area (Å²) in [6, 6.07) is 20.7. The maximum atomic E-state index is 5.52. The summed E-state index contributed by atoms with van der Waals surface area (Å²) in [4.78, 5) is 7.37. The van der Waals surface area contributed by atoms with Crippen LogP contribution in [0.3, 0.4) is 0 Å². The molecule has 0 aliphatic rings. The molecule has 0 radical (unpaired) electrons. The van der Waals surface area contributed by atoms with Crippen LogP contribution in [0.1, 0.15) is 10.4 Å². The lowest BCUT2D eigenvalue weighted by atomic mass is 10.2. The summed E-state index contributed by atoms with van der Waals surface area (Å²) < 4.78 is 7.80. The van der Waals surface area contributed by atoms with Gasteiger partial charge >= 0.3 is 0 Å². The maximum absolute atomic E-state index is 5.52. The fraction of sp³-hybridized carbons (Fsp3) is 0.150. The van der Waals surface area contributed by atoms with Gasteiger partial charge < -0.3 is 9.30 Å². The summed E-state index contributed by atoms with van der Waals surface area (Å²) in [5, 5.41) is 0. The van der Waals surface area contributed by atoms with Crippen molar-refractivity contribution in [3.05, 3.63) is 71.1 Å². The summed E-state index contributed by atoms with van der Waals surface area (Å²) in [5.74, 6) is 1.92. The number of aromatic nitrogens is 2. The zero-order chi connectivity index (χ0) is 16.5. The predicted octanol–water partition coefficient (Wildman–Crippen LogP) is 5.13. The van der Waals surface area contributed by atoms with Gasteiger partial charge in [-0.3, -0.25) is 0 Å². The van der Waals surface area contributed by atoms with Crippen molar-refractivity contribution in [1.29, 1.82) is 0 Å². The second-order valence-corrected chi connectivity index (χ2v) is 7.02. The van der Waals surface area contributed by atoms with Crippen molar-refractivity contribution in [3.63, 3.8) is 0 Å². The van der Waals surface area contributed by atoms with E-state index in [0.717, 1.165) is 34.7 Å². The summed E-state index contributed by atoms with van der Waals surface area (Å²) in [5.41, 5.74) is 3.32. The van der Waals surface area contributed by atoms with Gasteiger partial charge in [0.25, 0.3) is 0 Å². The molecule has 0 fully saturated rings. The van der Waals surface area contributed by atoms with Crippen LogP contribution in [0.5, 0.6) is 5.75 Å². The normalized spacial score (nSPS) is 11.1. The van der Waals surface area contributed by atoms with E-state index in [1.54, 1.807) is 18.4 Å². The van der Waals surface area contributed by atoms with Gasteiger partial charge in [0.05, 0.1) is 29.6 Å². The minimum Gasteiger partial charge on any atom is -0.496 e. The average Bonchev–Trinajstić information content (AvgIpc) is 3.19. The molecule has 120 valence electrons. The zero-order valence-electron chi connectivity index (χ0n) is 13.7. The summed E-state index contributed by atoms with van der Waals surface area (Å²) in [6.07, 6.45) is 0. The second-order valence-electron chi connectivity index (χ2n) is 5.73. The highest BCUT2D eigenvalue weighted by Crippen LogP contribution is 2.31. The quantitative estimate of drug-likeness (QED) is 0.517. The van der Waals surface area contributed by atoms with Crippen molar-refractivity contribution < 1.29 is 4.74 Å². The van der Waals surface area contributed by atoms with Gasteiger partial charge in [0.15, 0.2) is 5.82 Å². The van der Waals surface area contributed by atoms with Gasteiger partial charge in [-0.25, -0.2) is 4.98 Å². The van der Waals surface area contributed by atoms with Gasteiger partial charge in [0.2, 0.25) is 0 Å². The molecule has 24 heavy (non-hydrogen) atoms. The highest BCUT2D eigenvalue weighted by atomic mass is 32.1. The molecule has 4 heteroatoms. The minimum absolute atomic E-state index is 0.733. The van der Waals surface area contributed by atoms with E-state index in [1.807, 2.05) is 24.3 Å². The highest BCUT2D eigenvalue weighted by molar-refractivity contribution is 7.15. The molecule has 3 nitrogen and oxygen atoms in total. The Morgan fingerprint density at radius 1 is 1.00 bits per heavy atom. The van der Waals surface area contributed by atoms with Crippen LogP contribution in [0, 0.1) is 6.92 Å². The topological polar surface area (TPSA) is 27.1 Å². The second kappa shape index (κ2) is 6.13. The lowest BCUT2D eigenvalue weighted by Gasteiger charge is -2.12. The minimum atomic E-state index is 0.733. The fourth-order valence-electron chi connectivity index (χ4n) is 2.98. The third kappa shape index (κ3) is 2.59. The van der Waals surface area contributed by atoms with E-state index in [9.17, 15) is 0 Å². The van der Waals surface area contributed by atoms with Crippen LogP contribution in [-0.4, -0.2) is 16.7 Å². The lowest BCUT2D eigenvalue weighted by molar-refractivity contribution is 0.408. The third-order valence-corrected chi connectivity index (χ3v) is 5.13. The Hall–Kier alpha value is -2.59. The van der Waals surface area contributed by atoms with E-state index < -0.39 is 0 Å². The van der Waals surface area contributed by atoms with E-state index in [0.29, 0.717) is 0 Å². The molecular formula is C20H18N2OS. The molecule has 2 aromatic heterocycles. The van der Waals surface area contributed by atoms with Crippen molar-refractivity contribution in [2.45, 2.75) is 13.5 Å². The number of ether oxygens (including phenoxy) is 1. The van der Waals surface area contributed by atoms with E-state index >= 15 is 0 Å². The lowest BCUT2D eigenvalue weighted by Crippen LogP contribution is -2.03. The van der Waals surface area contributed by atoms with E-state index in [4.69, 9.17) is 9.72 Å². The van der Waals surface area contributed by atoms with Crippen LogP contribution in [0.2, 0.25) is 0 Å². The van der Waals surface area contributed by atoms with Crippen molar-refractivity contribution in [3.8, 4) is 16.5 Å². The molecule has 0 aliphatic heterocycles. The van der Waals surface area contributed by atoms with Crippen molar-refractivity contribution in [2.24, 2.45) is 0 Å². The number of rotatable bonds is 4. The van der Waals surface area contributed by atoms with Crippen molar-refractivity contribution in [2.75, 3.05) is 7.11 Å². The molecule has 0 N–H and O–H groups in total. The Morgan fingerprint density at radius 3 is 2.58 bits per heavy atom. The highest BCUT2D eigenvalue weighted by Gasteiger charge is 2.15. The Bertz CT molecular complexity index is 1000. The van der Waals surface area contributed by atoms with Crippen LogP contribution in [0.25, 0.3) is 21.7 Å². The molecule has 0 bridgehead atoms.